The van der Waals surface area contributed by atoms with E-state index in [0.29, 0.717) is 18.9 Å². The Balaban J connectivity index is 1.88. The maximum atomic E-state index is 12.9. The lowest BCUT2D eigenvalue weighted by atomic mass is 10.0. The molecule has 3 rings (SSSR count). The van der Waals surface area contributed by atoms with Gasteiger partial charge in [-0.1, -0.05) is 38.1 Å². The maximum Gasteiger partial charge on any atom is 0.268 e. The first-order valence-corrected chi connectivity index (χ1v) is 7.96. The zero-order valence-electron chi connectivity index (χ0n) is 13.5. The third-order valence-corrected chi connectivity index (χ3v) is 3.92. The van der Waals surface area contributed by atoms with Gasteiger partial charge >= 0.3 is 0 Å². The van der Waals surface area contributed by atoms with E-state index in [-0.39, 0.29) is 5.91 Å². The zero-order valence-corrected chi connectivity index (χ0v) is 13.5. The number of carbonyl (C=O) groups excluding carboxylic acids is 1. The minimum absolute atomic E-state index is 0.0224. The summed E-state index contributed by atoms with van der Waals surface area (Å²) in [5.74, 6) is 1.18. The Morgan fingerprint density at radius 2 is 1.83 bits per heavy atom. The van der Waals surface area contributed by atoms with Crippen LogP contribution in [0.15, 0.2) is 48.5 Å². The van der Waals surface area contributed by atoms with E-state index in [2.05, 4.69) is 13.8 Å². The van der Waals surface area contributed by atoms with Gasteiger partial charge in [0.25, 0.3) is 5.91 Å². The molecule has 2 N–H and O–H groups in total. The van der Waals surface area contributed by atoms with Crippen LogP contribution in [0.5, 0.6) is 5.75 Å². The summed E-state index contributed by atoms with van der Waals surface area (Å²) in [4.78, 5) is 14.7. The van der Waals surface area contributed by atoms with Crippen molar-refractivity contribution in [2.24, 2.45) is 5.92 Å². The second kappa shape index (κ2) is 6.32. The smallest absolute Gasteiger partial charge is 0.268 e. The van der Waals surface area contributed by atoms with Crippen LogP contribution in [0.3, 0.4) is 0 Å². The second-order valence-electron chi connectivity index (χ2n) is 6.36. The molecule has 0 spiro atoms. The molecule has 0 radical (unpaired) electrons. The summed E-state index contributed by atoms with van der Waals surface area (Å²) in [6, 6.07) is 15.3. The first-order chi connectivity index (χ1) is 11.0. The number of ether oxygens (including phenoxy) is 1. The van der Waals surface area contributed by atoms with Gasteiger partial charge in [-0.3, -0.25) is 4.79 Å². The number of hydrogen-bond donors (Lipinski definition) is 1. The molecule has 2 aromatic rings. The number of para-hydroxylation sites is 2. The number of carbonyl (C=O) groups is 1. The molecule has 1 aliphatic heterocycles. The first kappa shape index (κ1) is 15.4. The van der Waals surface area contributed by atoms with Crippen LogP contribution in [-0.2, 0) is 11.2 Å². The summed E-state index contributed by atoms with van der Waals surface area (Å²) in [5.41, 5.74) is 8.34. The molecule has 4 nitrogen and oxygen atoms in total. The third-order valence-electron chi connectivity index (χ3n) is 3.92. The van der Waals surface area contributed by atoms with E-state index < -0.39 is 6.10 Å². The number of amides is 1. The van der Waals surface area contributed by atoms with Crippen LogP contribution in [0, 0.1) is 5.92 Å². The van der Waals surface area contributed by atoms with Crippen molar-refractivity contribution in [1.29, 1.82) is 0 Å². The van der Waals surface area contributed by atoms with Gasteiger partial charge in [-0.15, -0.1) is 0 Å². The van der Waals surface area contributed by atoms with E-state index in [9.17, 15) is 4.79 Å². The number of nitrogen functional groups attached to an aromatic ring is 1. The van der Waals surface area contributed by atoms with E-state index in [1.54, 1.807) is 0 Å². The standard InChI is InChI=1S/C19H22N2O2/c1-13(2)12-21-16-5-3-4-6-17(16)23-18(19(21)22)11-14-7-9-15(20)10-8-14/h3-10,13,18H,11-12,20H2,1-2H3. The fourth-order valence-electron chi connectivity index (χ4n) is 2.83. The summed E-state index contributed by atoms with van der Waals surface area (Å²) in [6.07, 6.45) is 0.0504. The van der Waals surface area contributed by atoms with Gasteiger partial charge in [-0.05, 0) is 35.7 Å². The normalized spacial score (nSPS) is 17.1. The Hall–Kier alpha value is -2.49. The largest absolute Gasteiger partial charge is 0.478 e. The van der Waals surface area contributed by atoms with Gasteiger partial charge in [0.2, 0.25) is 0 Å². The first-order valence-electron chi connectivity index (χ1n) is 7.96. The minimum atomic E-state index is -0.493. The van der Waals surface area contributed by atoms with Crippen molar-refractivity contribution < 1.29 is 9.53 Å². The van der Waals surface area contributed by atoms with Crippen molar-refractivity contribution in [2.45, 2.75) is 26.4 Å². The lowest BCUT2D eigenvalue weighted by Crippen LogP contribution is -2.48. The van der Waals surface area contributed by atoms with Gasteiger partial charge in [0.1, 0.15) is 5.75 Å². The number of rotatable bonds is 4. The number of anilines is 2. The highest BCUT2D eigenvalue weighted by atomic mass is 16.5. The van der Waals surface area contributed by atoms with Crippen LogP contribution in [0.25, 0.3) is 0 Å². The van der Waals surface area contributed by atoms with Crippen LogP contribution in [0.1, 0.15) is 19.4 Å². The average Bonchev–Trinajstić information content (AvgIpc) is 2.53. The fourth-order valence-corrected chi connectivity index (χ4v) is 2.83. The fraction of sp³-hybridized carbons (Fsp3) is 0.316. The third kappa shape index (κ3) is 3.31. The lowest BCUT2D eigenvalue weighted by molar-refractivity contribution is -0.126. The predicted molar refractivity (Wildman–Crippen MR) is 92.6 cm³/mol. The van der Waals surface area contributed by atoms with Gasteiger partial charge in [-0.2, -0.15) is 0 Å². The molecule has 1 atom stereocenters. The number of hydrogen-bond acceptors (Lipinski definition) is 3. The van der Waals surface area contributed by atoms with E-state index in [1.165, 1.54) is 0 Å². The van der Waals surface area contributed by atoms with Crippen molar-refractivity contribution in [3.63, 3.8) is 0 Å². The molecule has 0 fully saturated rings. The Morgan fingerprint density at radius 3 is 2.52 bits per heavy atom. The summed E-state index contributed by atoms with van der Waals surface area (Å²) < 4.78 is 5.97. The molecule has 4 heteroatoms. The van der Waals surface area contributed by atoms with E-state index >= 15 is 0 Å². The molecule has 120 valence electrons. The molecule has 1 unspecified atom stereocenters. The monoisotopic (exact) mass is 310 g/mol. The molecule has 23 heavy (non-hydrogen) atoms. The van der Waals surface area contributed by atoms with Gasteiger partial charge in [0.15, 0.2) is 6.10 Å². The Morgan fingerprint density at radius 1 is 1.13 bits per heavy atom. The average molecular weight is 310 g/mol. The molecule has 0 saturated heterocycles. The minimum Gasteiger partial charge on any atom is -0.478 e. The van der Waals surface area contributed by atoms with Crippen molar-refractivity contribution in [1.82, 2.24) is 0 Å². The molecule has 0 saturated carbocycles. The zero-order chi connectivity index (χ0) is 16.4. The number of fused-ring (bicyclic) bond motifs is 1. The summed E-state index contributed by atoms with van der Waals surface area (Å²) in [5, 5.41) is 0. The number of nitrogens with two attached hydrogens (primary N) is 1. The van der Waals surface area contributed by atoms with Gasteiger partial charge in [0.05, 0.1) is 5.69 Å². The molecule has 1 aliphatic rings. The quantitative estimate of drug-likeness (QED) is 0.882. The highest BCUT2D eigenvalue weighted by Gasteiger charge is 2.34. The lowest BCUT2D eigenvalue weighted by Gasteiger charge is -2.35. The van der Waals surface area contributed by atoms with Gasteiger partial charge in [-0.25, -0.2) is 0 Å². The number of benzene rings is 2. The van der Waals surface area contributed by atoms with Crippen LogP contribution in [0.4, 0.5) is 11.4 Å². The van der Waals surface area contributed by atoms with Crippen LogP contribution < -0.4 is 15.4 Å². The van der Waals surface area contributed by atoms with Gasteiger partial charge in [0, 0.05) is 18.7 Å². The van der Waals surface area contributed by atoms with Crippen LogP contribution in [-0.4, -0.2) is 18.6 Å². The maximum absolute atomic E-state index is 12.9. The summed E-state index contributed by atoms with van der Waals surface area (Å²) in [6.45, 7) is 4.91. The van der Waals surface area contributed by atoms with Crippen molar-refractivity contribution >= 4 is 17.3 Å². The van der Waals surface area contributed by atoms with E-state index in [4.69, 9.17) is 10.5 Å². The predicted octanol–water partition coefficient (Wildman–Crippen LogP) is 3.26. The Kier molecular flexibility index (Phi) is 4.24. The molecular formula is C19H22N2O2. The molecule has 1 amide bonds. The van der Waals surface area contributed by atoms with Crippen molar-refractivity contribution in [3.05, 3.63) is 54.1 Å². The Bertz CT molecular complexity index is 695. The summed E-state index contributed by atoms with van der Waals surface area (Å²) in [7, 11) is 0. The van der Waals surface area contributed by atoms with Crippen LogP contribution >= 0.6 is 0 Å². The highest BCUT2D eigenvalue weighted by molar-refractivity contribution is 6.00. The topological polar surface area (TPSA) is 55.6 Å². The van der Waals surface area contributed by atoms with E-state index in [0.717, 1.165) is 22.7 Å². The van der Waals surface area contributed by atoms with E-state index in [1.807, 2.05) is 53.4 Å². The van der Waals surface area contributed by atoms with Crippen LogP contribution in [0.2, 0.25) is 0 Å². The molecular weight excluding hydrogens is 288 g/mol. The van der Waals surface area contributed by atoms with Gasteiger partial charge < -0.3 is 15.4 Å². The second-order valence-corrected chi connectivity index (χ2v) is 6.36. The Labute approximate surface area is 136 Å². The van der Waals surface area contributed by atoms with Crippen molar-refractivity contribution in [2.75, 3.05) is 17.2 Å². The molecule has 0 aliphatic carbocycles. The summed E-state index contributed by atoms with van der Waals surface area (Å²) >= 11 is 0. The molecule has 1 heterocycles. The molecule has 2 aromatic carbocycles. The number of nitrogens with zero attached hydrogens (tertiary/aromatic N) is 1. The molecule has 0 bridgehead atoms. The SMILES string of the molecule is CC(C)CN1C(=O)C(Cc2ccc(N)cc2)Oc2ccccc21. The molecule has 0 aromatic heterocycles. The highest BCUT2D eigenvalue weighted by Crippen LogP contribution is 2.35. The van der Waals surface area contributed by atoms with Crippen molar-refractivity contribution in [3.8, 4) is 5.75 Å².